The van der Waals surface area contributed by atoms with E-state index in [1.54, 1.807) is 6.20 Å². The van der Waals surface area contributed by atoms with Gasteiger partial charge in [0.15, 0.2) is 0 Å². The van der Waals surface area contributed by atoms with Gasteiger partial charge in [-0.3, -0.25) is 4.98 Å². The molecule has 0 aliphatic carbocycles. The number of aliphatic hydroxyl groups excluding tert-OH is 1. The molecule has 0 radical (unpaired) electrons. The van der Waals surface area contributed by atoms with Gasteiger partial charge in [-0.1, -0.05) is 0 Å². The van der Waals surface area contributed by atoms with Crippen LogP contribution in [0, 0.1) is 6.92 Å². The molecule has 4 heteroatoms. The lowest BCUT2D eigenvalue weighted by atomic mass is 10.1. The quantitative estimate of drug-likeness (QED) is 0.802. The summed E-state index contributed by atoms with van der Waals surface area (Å²) in [6.07, 6.45) is 1.02. The van der Waals surface area contributed by atoms with Crippen LogP contribution < -0.4 is 5.73 Å². The number of hydrogen-bond donors (Lipinski definition) is 2. The van der Waals surface area contributed by atoms with Crippen molar-refractivity contribution in [3.05, 3.63) is 28.0 Å². The Morgan fingerprint density at radius 3 is 2.92 bits per heavy atom. The maximum atomic E-state index is 9.36. The van der Waals surface area contributed by atoms with E-state index < -0.39 is 6.10 Å². The summed E-state index contributed by atoms with van der Waals surface area (Å²) in [5.41, 5.74) is 6.95. The highest BCUT2D eigenvalue weighted by Crippen LogP contribution is 2.18. The molecule has 0 aliphatic heterocycles. The Hall–Kier alpha value is -0.450. The number of pyridine rings is 1. The first kappa shape index (κ1) is 9.64. The maximum Gasteiger partial charge on any atom is 0.0927 e. The smallest absolute Gasteiger partial charge is 0.0927 e. The lowest BCUT2D eigenvalue weighted by Gasteiger charge is -2.08. The minimum absolute atomic E-state index is 0.219. The van der Waals surface area contributed by atoms with Gasteiger partial charge in [0.2, 0.25) is 0 Å². The second-order valence-corrected chi connectivity index (χ2v) is 3.44. The highest BCUT2D eigenvalue weighted by Gasteiger charge is 2.06. The SMILES string of the molecule is Cc1ncc(C(O)CN)cc1Br. The Bertz CT molecular complexity index is 278. The average molecular weight is 231 g/mol. The largest absolute Gasteiger partial charge is 0.387 e. The van der Waals surface area contributed by atoms with Gasteiger partial charge in [-0.05, 0) is 28.9 Å². The van der Waals surface area contributed by atoms with Crippen molar-refractivity contribution in [2.45, 2.75) is 13.0 Å². The number of aliphatic hydroxyl groups is 1. The van der Waals surface area contributed by atoms with Gasteiger partial charge in [0.1, 0.15) is 0 Å². The first-order valence-corrected chi connectivity index (χ1v) is 4.44. The van der Waals surface area contributed by atoms with Crippen molar-refractivity contribution >= 4 is 15.9 Å². The molecule has 0 spiro atoms. The van der Waals surface area contributed by atoms with Gasteiger partial charge in [-0.15, -0.1) is 0 Å². The summed E-state index contributed by atoms with van der Waals surface area (Å²) in [4.78, 5) is 4.09. The van der Waals surface area contributed by atoms with Crippen molar-refractivity contribution in [1.82, 2.24) is 4.98 Å². The van der Waals surface area contributed by atoms with Crippen LogP contribution in [0.25, 0.3) is 0 Å². The van der Waals surface area contributed by atoms with Gasteiger partial charge in [0.25, 0.3) is 0 Å². The van der Waals surface area contributed by atoms with E-state index >= 15 is 0 Å². The fourth-order valence-electron chi connectivity index (χ4n) is 0.839. The molecule has 1 aromatic heterocycles. The fourth-order valence-corrected chi connectivity index (χ4v) is 1.21. The van der Waals surface area contributed by atoms with Crippen molar-refractivity contribution in [3.8, 4) is 0 Å². The molecule has 1 heterocycles. The average Bonchev–Trinajstić information content (AvgIpc) is 2.08. The molecule has 0 fully saturated rings. The maximum absolute atomic E-state index is 9.36. The molecular weight excluding hydrogens is 220 g/mol. The summed E-state index contributed by atoms with van der Waals surface area (Å²) in [6.45, 7) is 2.11. The molecule has 1 aromatic rings. The highest BCUT2D eigenvalue weighted by atomic mass is 79.9. The van der Waals surface area contributed by atoms with Crippen LogP contribution in [-0.4, -0.2) is 16.6 Å². The van der Waals surface area contributed by atoms with Gasteiger partial charge in [-0.2, -0.15) is 0 Å². The standard InChI is InChI=1S/C8H11BrN2O/c1-5-7(9)2-6(4-11-5)8(12)3-10/h2,4,8,12H,3,10H2,1H3. The molecule has 1 unspecified atom stereocenters. The topological polar surface area (TPSA) is 59.1 Å². The Balaban J connectivity index is 2.96. The molecule has 3 N–H and O–H groups in total. The van der Waals surface area contributed by atoms with Crippen LogP contribution in [0.2, 0.25) is 0 Å². The van der Waals surface area contributed by atoms with E-state index in [0.29, 0.717) is 0 Å². The van der Waals surface area contributed by atoms with Crippen LogP contribution in [0.15, 0.2) is 16.7 Å². The summed E-state index contributed by atoms with van der Waals surface area (Å²) >= 11 is 3.33. The van der Waals surface area contributed by atoms with Gasteiger partial charge in [-0.25, -0.2) is 0 Å². The molecule has 1 rings (SSSR count). The number of rotatable bonds is 2. The van der Waals surface area contributed by atoms with Crippen molar-refractivity contribution < 1.29 is 5.11 Å². The van der Waals surface area contributed by atoms with Crippen LogP contribution in [0.5, 0.6) is 0 Å². The fraction of sp³-hybridized carbons (Fsp3) is 0.375. The Morgan fingerprint density at radius 2 is 2.42 bits per heavy atom. The molecule has 66 valence electrons. The Labute approximate surface area is 79.7 Å². The lowest BCUT2D eigenvalue weighted by molar-refractivity contribution is 0.186. The summed E-state index contributed by atoms with van der Waals surface area (Å²) in [7, 11) is 0. The minimum Gasteiger partial charge on any atom is -0.387 e. The molecule has 0 amide bonds. The van der Waals surface area contributed by atoms with Crippen molar-refractivity contribution in [1.29, 1.82) is 0 Å². The van der Waals surface area contributed by atoms with Crippen LogP contribution >= 0.6 is 15.9 Å². The predicted octanol–water partition coefficient (Wildman–Crippen LogP) is 1.14. The van der Waals surface area contributed by atoms with Crippen molar-refractivity contribution in [2.24, 2.45) is 5.73 Å². The third-order valence-corrected chi connectivity index (χ3v) is 2.46. The zero-order valence-corrected chi connectivity index (χ0v) is 8.37. The van der Waals surface area contributed by atoms with Crippen LogP contribution in [-0.2, 0) is 0 Å². The molecular formula is C8H11BrN2O. The molecule has 0 aromatic carbocycles. The number of aryl methyl sites for hydroxylation is 1. The molecule has 0 bridgehead atoms. The highest BCUT2D eigenvalue weighted by molar-refractivity contribution is 9.10. The Morgan fingerprint density at radius 1 is 1.75 bits per heavy atom. The van der Waals surface area contributed by atoms with E-state index in [4.69, 9.17) is 5.73 Å². The van der Waals surface area contributed by atoms with Crippen LogP contribution in [0.4, 0.5) is 0 Å². The third kappa shape index (κ3) is 2.03. The van der Waals surface area contributed by atoms with E-state index in [2.05, 4.69) is 20.9 Å². The van der Waals surface area contributed by atoms with E-state index in [1.165, 1.54) is 0 Å². The predicted molar refractivity (Wildman–Crippen MR) is 50.7 cm³/mol. The second-order valence-electron chi connectivity index (χ2n) is 2.59. The van der Waals surface area contributed by atoms with Crippen LogP contribution in [0.3, 0.4) is 0 Å². The number of nitrogens with zero attached hydrogens (tertiary/aromatic N) is 1. The zero-order valence-electron chi connectivity index (χ0n) is 6.79. The summed E-state index contributed by atoms with van der Waals surface area (Å²) < 4.78 is 0.896. The zero-order chi connectivity index (χ0) is 9.14. The first-order valence-electron chi connectivity index (χ1n) is 3.65. The number of hydrogen-bond acceptors (Lipinski definition) is 3. The van der Waals surface area contributed by atoms with Gasteiger partial charge >= 0.3 is 0 Å². The monoisotopic (exact) mass is 230 g/mol. The number of aromatic nitrogens is 1. The van der Waals surface area contributed by atoms with Crippen LogP contribution in [0.1, 0.15) is 17.4 Å². The Kier molecular flexibility index (Phi) is 3.20. The molecule has 1 atom stereocenters. The molecule has 0 saturated heterocycles. The van der Waals surface area contributed by atoms with E-state index in [1.807, 2.05) is 13.0 Å². The molecule has 3 nitrogen and oxygen atoms in total. The van der Waals surface area contributed by atoms with Crippen molar-refractivity contribution in [2.75, 3.05) is 6.54 Å². The minimum atomic E-state index is -0.616. The lowest BCUT2D eigenvalue weighted by Crippen LogP contribution is -2.11. The van der Waals surface area contributed by atoms with Gasteiger partial charge < -0.3 is 10.8 Å². The third-order valence-electron chi connectivity index (χ3n) is 1.65. The van der Waals surface area contributed by atoms with Gasteiger partial charge in [0.05, 0.1) is 11.8 Å². The van der Waals surface area contributed by atoms with E-state index in [0.717, 1.165) is 15.7 Å². The first-order chi connectivity index (χ1) is 5.65. The molecule has 0 aliphatic rings. The number of halogens is 1. The summed E-state index contributed by atoms with van der Waals surface area (Å²) in [5, 5.41) is 9.36. The molecule has 12 heavy (non-hydrogen) atoms. The number of nitrogens with two attached hydrogens (primary N) is 1. The summed E-state index contributed by atoms with van der Waals surface area (Å²) in [6, 6.07) is 1.83. The van der Waals surface area contributed by atoms with E-state index in [9.17, 15) is 5.11 Å². The second kappa shape index (κ2) is 3.98. The summed E-state index contributed by atoms with van der Waals surface area (Å²) in [5.74, 6) is 0. The van der Waals surface area contributed by atoms with Gasteiger partial charge in [0, 0.05) is 22.8 Å². The molecule has 0 saturated carbocycles. The van der Waals surface area contributed by atoms with E-state index in [-0.39, 0.29) is 6.54 Å². The van der Waals surface area contributed by atoms with Crippen molar-refractivity contribution in [3.63, 3.8) is 0 Å². The normalized spacial score (nSPS) is 13.0.